The van der Waals surface area contributed by atoms with Crippen molar-refractivity contribution in [2.75, 3.05) is 0 Å². The van der Waals surface area contributed by atoms with Crippen molar-refractivity contribution in [3.63, 3.8) is 0 Å². The van der Waals surface area contributed by atoms with Crippen molar-refractivity contribution in [2.24, 2.45) is 5.73 Å². The molecule has 4 heteroatoms. The third-order valence-electron chi connectivity index (χ3n) is 1.12. The molecule has 0 amide bonds. The largest absolute Gasteiger partial charge is 0.326 e. The molecule has 1 rings (SSSR count). The molecule has 1 aromatic heterocycles. The van der Waals surface area contributed by atoms with E-state index in [4.69, 9.17) is 17.3 Å². The maximum absolute atomic E-state index is 12.6. The molecule has 2 N–H and O–H groups in total. The molecule has 0 aliphatic heterocycles. The Labute approximate surface area is 76.6 Å². The Kier molecular flexibility index (Phi) is 5.58. The Bertz CT molecular complexity index is 240. The average Bonchev–Trinajstić information content (AvgIpc) is 2.13. The predicted molar refractivity (Wildman–Crippen MR) is 48.4 cm³/mol. The van der Waals surface area contributed by atoms with Gasteiger partial charge in [-0.3, -0.25) is 0 Å². The van der Waals surface area contributed by atoms with Crippen molar-refractivity contribution in [3.8, 4) is 0 Å². The summed E-state index contributed by atoms with van der Waals surface area (Å²) in [5, 5.41) is 0.266. The lowest BCUT2D eigenvalue weighted by Crippen LogP contribution is -2.00. The standard InChI is InChI=1S/C6H6ClFN2.C2H6/c7-6-1-4(2-9)5(8)3-10-6;1-2/h1,3H,2,9H2;1-2H3. The predicted octanol–water partition coefficient (Wildman–Crippen LogP) is 2.36. The van der Waals surface area contributed by atoms with Crippen molar-refractivity contribution in [2.45, 2.75) is 20.4 Å². The summed E-state index contributed by atoms with van der Waals surface area (Å²) in [5.74, 6) is -0.410. The quantitative estimate of drug-likeness (QED) is 0.691. The van der Waals surface area contributed by atoms with Crippen LogP contribution in [0.1, 0.15) is 19.4 Å². The molecule has 0 unspecified atom stereocenters. The van der Waals surface area contributed by atoms with Crippen molar-refractivity contribution in [1.82, 2.24) is 4.98 Å². The molecule has 0 bridgehead atoms. The number of aromatic nitrogens is 1. The van der Waals surface area contributed by atoms with E-state index in [9.17, 15) is 4.39 Å². The highest BCUT2D eigenvalue weighted by atomic mass is 35.5. The highest BCUT2D eigenvalue weighted by Crippen LogP contribution is 2.10. The van der Waals surface area contributed by atoms with Crippen LogP contribution in [0.5, 0.6) is 0 Å². The second-order valence-electron chi connectivity index (χ2n) is 1.80. The summed E-state index contributed by atoms with van der Waals surface area (Å²) in [6, 6.07) is 1.41. The smallest absolute Gasteiger partial charge is 0.146 e. The Morgan fingerprint density at radius 1 is 1.58 bits per heavy atom. The van der Waals surface area contributed by atoms with Gasteiger partial charge >= 0.3 is 0 Å². The van der Waals surface area contributed by atoms with Gasteiger partial charge in [-0.1, -0.05) is 25.4 Å². The molecule has 0 saturated heterocycles. The average molecular weight is 191 g/mol. The van der Waals surface area contributed by atoms with Crippen molar-refractivity contribution >= 4 is 11.6 Å². The molecule has 0 fully saturated rings. The van der Waals surface area contributed by atoms with Gasteiger partial charge in [-0.15, -0.1) is 0 Å². The van der Waals surface area contributed by atoms with Crippen molar-refractivity contribution in [3.05, 3.63) is 28.8 Å². The van der Waals surface area contributed by atoms with Gasteiger partial charge in [-0.25, -0.2) is 9.37 Å². The second kappa shape index (κ2) is 5.91. The fourth-order valence-corrected chi connectivity index (χ4v) is 0.788. The van der Waals surface area contributed by atoms with Crippen molar-refractivity contribution < 1.29 is 4.39 Å². The molecule has 0 spiro atoms. The molecule has 1 heterocycles. The number of nitrogens with two attached hydrogens (primary N) is 1. The lowest BCUT2D eigenvalue weighted by molar-refractivity contribution is 0.604. The number of nitrogens with zero attached hydrogens (tertiary/aromatic N) is 1. The minimum atomic E-state index is -0.410. The zero-order valence-corrected chi connectivity index (χ0v) is 7.90. The van der Waals surface area contributed by atoms with Crippen LogP contribution in [0.15, 0.2) is 12.3 Å². The van der Waals surface area contributed by atoms with Gasteiger partial charge < -0.3 is 5.73 Å². The summed E-state index contributed by atoms with van der Waals surface area (Å²) >= 11 is 5.46. The van der Waals surface area contributed by atoms with Gasteiger partial charge in [0.05, 0.1) is 6.20 Å². The van der Waals surface area contributed by atoms with Crippen LogP contribution < -0.4 is 5.73 Å². The molecule has 0 saturated carbocycles. The fourth-order valence-electron chi connectivity index (χ4n) is 0.608. The van der Waals surface area contributed by atoms with Gasteiger partial charge in [-0.2, -0.15) is 0 Å². The lowest BCUT2D eigenvalue weighted by atomic mass is 10.3. The first-order chi connectivity index (χ1) is 5.74. The molecule has 0 aromatic carbocycles. The Morgan fingerprint density at radius 3 is 2.58 bits per heavy atom. The molecular weight excluding hydrogens is 179 g/mol. The van der Waals surface area contributed by atoms with Gasteiger partial charge in [-0.05, 0) is 6.07 Å². The number of halogens is 2. The third kappa shape index (κ3) is 3.15. The van der Waals surface area contributed by atoms with E-state index in [1.165, 1.54) is 6.07 Å². The number of hydrogen-bond donors (Lipinski definition) is 1. The SMILES string of the molecule is CC.NCc1cc(Cl)ncc1F. The third-order valence-corrected chi connectivity index (χ3v) is 1.33. The van der Waals surface area contributed by atoms with Crippen LogP contribution in [0.25, 0.3) is 0 Å². The van der Waals surface area contributed by atoms with Gasteiger partial charge in [0.2, 0.25) is 0 Å². The molecule has 2 nitrogen and oxygen atoms in total. The fraction of sp³-hybridized carbons (Fsp3) is 0.375. The second-order valence-corrected chi connectivity index (χ2v) is 2.19. The maximum Gasteiger partial charge on any atom is 0.146 e. The van der Waals surface area contributed by atoms with Gasteiger partial charge in [0.15, 0.2) is 0 Å². The molecule has 0 atom stereocenters. The number of rotatable bonds is 1. The van der Waals surface area contributed by atoms with Crippen LogP contribution in [0, 0.1) is 5.82 Å². The van der Waals surface area contributed by atoms with E-state index in [-0.39, 0.29) is 11.7 Å². The minimum Gasteiger partial charge on any atom is -0.326 e. The van der Waals surface area contributed by atoms with E-state index in [0.717, 1.165) is 6.20 Å². The summed E-state index contributed by atoms with van der Waals surface area (Å²) in [6.07, 6.45) is 1.06. The van der Waals surface area contributed by atoms with Crippen LogP contribution in [0.3, 0.4) is 0 Å². The minimum absolute atomic E-state index is 0.147. The van der Waals surface area contributed by atoms with E-state index in [2.05, 4.69) is 4.98 Å². The summed E-state index contributed by atoms with van der Waals surface area (Å²) < 4.78 is 12.6. The van der Waals surface area contributed by atoms with Crippen LogP contribution >= 0.6 is 11.6 Å². The van der Waals surface area contributed by atoms with E-state index in [1.54, 1.807) is 0 Å². The van der Waals surface area contributed by atoms with E-state index < -0.39 is 5.82 Å². The molecule has 12 heavy (non-hydrogen) atoms. The van der Waals surface area contributed by atoms with Crippen LogP contribution in [-0.2, 0) is 6.54 Å². The summed E-state index contributed by atoms with van der Waals surface area (Å²) in [6.45, 7) is 4.15. The van der Waals surface area contributed by atoms with Gasteiger partial charge in [0.1, 0.15) is 11.0 Å². The van der Waals surface area contributed by atoms with Crippen LogP contribution in [-0.4, -0.2) is 4.98 Å². The van der Waals surface area contributed by atoms with E-state index in [0.29, 0.717) is 5.56 Å². The summed E-state index contributed by atoms with van der Waals surface area (Å²) in [5.41, 5.74) is 5.58. The van der Waals surface area contributed by atoms with E-state index in [1.807, 2.05) is 13.8 Å². The monoisotopic (exact) mass is 190 g/mol. The molecule has 0 aliphatic rings. The molecule has 0 aliphatic carbocycles. The van der Waals surface area contributed by atoms with Crippen molar-refractivity contribution in [1.29, 1.82) is 0 Å². The number of pyridine rings is 1. The first-order valence-electron chi connectivity index (χ1n) is 3.74. The number of hydrogen-bond acceptors (Lipinski definition) is 2. The van der Waals surface area contributed by atoms with Gasteiger partial charge in [0, 0.05) is 12.1 Å². The molecular formula is C8H12ClFN2. The van der Waals surface area contributed by atoms with E-state index >= 15 is 0 Å². The zero-order chi connectivity index (χ0) is 9.56. The van der Waals surface area contributed by atoms with Crippen LogP contribution in [0.4, 0.5) is 4.39 Å². The topological polar surface area (TPSA) is 38.9 Å². The highest BCUT2D eigenvalue weighted by Gasteiger charge is 1.99. The Balaban J connectivity index is 0.000000561. The summed E-state index contributed by atoms with van der Waals surface area (Å²) in [4.78, 5) is 3.52. The lowest BCUT2D eigenvalue weighted by Gasteiger charge is -1.97. The van der Waals surface area contributed by atoms with Crippen LogP contribution in [0.2, 0.25) is 5.15 Å². The van der Waals surface area contributed by atoms with Gasteiger partial charge in [0.25, 0.3) is 0 Å². The first kappa shape index (κ1) is 11.3. The summed E-state index contributed by atoms with van der Waals surface area (Å²) in [7, 11) is 0. The highest BCUT2D eigenvalue weighted by molar-refractivity contribution is 6.29. The molecule has 0 radical (unpaired) electrons. The normalized spacial score (nSPS) is 8.75. The Morgan fingerprint density at radius 2 is 2.17 bits per heavy atom. The zero-order valence-electron chi connectivity index (χ0n) is 7.14. The Hall–Kier alpha value is -0.670. The maximum atomic E-state index is 12.6. The first-order valence-corrected chi connectivity index (χ1v) is 4.12. The molecule has 68 valence electrons. The molecule has 1 aromatic rings.